The third kappa shape index (κ3) is 4.16. The molecular weight excluding hydrogens is 261 g/mol. The maximum absolute atomic E-state index is 13.4. The molecule has 112 valence electrons. The van der Waals surface area contributed by atoms with Crippen molar-refractivity contribution in [2.24, 2.45) is 0 Å². The molecule has 1 aromatic rings. The molecule has 0 spiro atoms. The number of rotatable bonds is 7. The van der Waals surface area contributed by atoms with E-state index < -0.39 is 6.17 Å². The van der Waals surface area contributed by atoms with Gasteiger partial charge in [0.15, 0.2) is 0 Å². The number of aliphatic hydroxyl groups is 1. The first-order valence-electron chi connectivity index (χ1n) is 6.92. The van der Waals surface area contributed by atoms with Crippen LogP contribution < -0.4 is 4.74 Å². The second kappa shape index (κ2) is 7.57. The summed E-state index contributed by atoms with van der Waals surface area (Å²) in [6.07, 6.45) is -0.405. The zero-order chi connectivity index (χ0) is 14.4. The summed E-state index contributed by atoms with van der Waals surface area (Å²) in [6.45, 7) is 2.16. The topological polar surface area (TPSA) is 41.9 Å². The molecule has 5 heteroatoms. The molecule has 0 bridgehead atoms. The first-order valence-corrected chi connectivity index (χ1v) is 6.92. The molecule has 0 radical (unpaired) electrons. The van der Waals surface area contributed by atoms with Crippen LogP contribution in [0.15, 0.2) is 24.3 Å². The van der Waals surface area contributed by atoms with Gasteiger partial charge < -0.3 is 14.6 Å². The third-order valence-electron chi connectivity index (χ3n) is 3.55. The molecule has 0 amide bonds. The van der Waals surface area contributed by atoms with E-state index in [1.807, 2.05) is 29.2 Å². The van der Waals surface area contributed by atoms with Crippen molar-refractivity contribution in [3.63, 3.8) is 0 Å². The predicted octanol–water partition coefficient (Wildman–Crippen LogP) is 1.62. The molecule has 1 aliphatic rings. The lowest BCUT2D eigenvalue weighted by Crippen LogP contribution is -2.31. The molecule has 1 aliphatic heterocycles. The Bertz CT molecular complexity index is 399. The van der Waals surface area contributed by atoms with Gasteiger partial charge in [0, 0.05) is 26.2 Å². The van der Waals surface area contributed by atoms with Gasteiger partial charge in [-0.25, -0.2) is 4.39 Å². The Morgan fingerprint density at radius 1 is 1.30 bits per heavy atom. The fraction of sp³-hybridized carbons (Fsp3) is 0.600. The van der Waals surface area contributed by atoms with Crippen molar-refractivity contribution in [2.75, 3.05) is 33.5 Å². The zero-order valence-corrected chi connectivity index (χ0v) is 11.8. The Morgan fingerprint density at radius 3 is 2.70 bits per heavy atom. The molecule has 4 nitrogen and oxygen atoms in total. The maximum Gasteiger partial charge on any atom is 0.119 e. The van der Waals surface area contributed by atoms with Crippen molar-refractivity contribution < 1.29 is 19.0 Å². The van der Waals surface area contributed by atoms with E-state index in [0.717, 1.165) is 11.3 Å². The molecule has 1 fully saturated rings. The van der Waals surface area contributed by atoms with Gasteiger partial charge in [-0.05, 0) is 24.1 Å². The molecule has 1 N–H and O–H groups in total. The van der Waals surface area contributed by atoms with E-state index in [1.54, 1.807) is 7.11 Å². The number of hydrogen-bond acceptors (Lipinski definition) is 4. The van der Waals surface area contributed by atoms with Crippen molar-refractivity contribution >= 4 is 0 Å². The van der Waals surface area contributed by atoms with Crippen LogP contribution in [0.3, 0.4) is 0 Å². The summed E-state index contributed by atoms with van der Waals surface area (Å²) >= 11 is 0. The van der Waals surface area contributed by atoms with Crippen molar-refractivity contribution in [3.8, 4) is 5.75 Å². The monoisotopic (exact) mass is 283 g/mol. The van der Waals surface area contributed by atoms with Crippen LogP contribution in [0.25, 0.3) is 0 Å². The van der Waals surface area contributed by atoms with Crippen LogP contribution in [0.5, 0.6) is 5.75 Å². The van der Waals surface area contributed by atoms with Gasteiger partial charge in [-0.2, -0.15) is 0 Å². The number of methoxy groups -OCH3 is 1. The number of alkyl halides is 1. The number of ether oxygens (including phenoxy) is 2. The number of nitrogens with zero attached hydrogens (tertiary/aromatic N) is 1. The molecule has 2 atom stereocenters. The minimum absolute atomic E-state index is 0.0125. The van der Waals surface area contributed by atoms with E-state index in [1.165, 1.54) is 0 Å². The van der Waals surface area contributed by atoms with Crippen LogP contribution in [0, 0.1) is 0 Å². The van der Waals surface area contributed by atoms with Gasteiger partial charge in [-0.1, -0.05) is 12.1 Å². The van der Waals surface area contributed by atoms with Gasteiger partial charge in [-0.15, -0.1) is 0 Å². The molecule has 0 saturated carbocycles. The first-order chi connectivity index (χ1) is 9.72. The Labute approximate surface area is 119 Å². The maximum atomic E-state index is 13.4. The Balaban J connectivity index is 1.87. The van der Waals surface area contributed by atoms with Gasteiger partial charge in [0.05, 0.1) is 13.2 Å². The van der Waals surface area contributed by atoms with Gasteiger partial charge in [0.1, 0.15) is 18.5 Å². The lowest BCUT2D eigenvalue weighted by Gasteiger charge is -2.22. The van der Waals surface area contributed by atoms with Crippen molar-refractivity contribution in [1.82, 2.24) is 4.90 Å². The van der Waals surface area contributed by atoms with Gasteiger partial charge in [-0.3, -0.25) is 4.90 Å². The van der Waals surface area contributed by atoms with Crippen molar-refractivity contribution in [2.45, 2.75) is 25.2 Å². The second-order valence-corrected chi connectivity index (χ2v) is 5.08. The molecule has 20 heavy (non-hydrogen) atoms. The summed E-state index contributed by atoms with van der Waals surface area (Å²) in [5.74, 6) is 0.800. The van der Waals surface area contributed by atoms with Crippen LogP contribution in [-0.2, 0) is 11.3 Å². The normalized spacial score (nSPS) is 23.1. The Morgan fingerprint density at radius 2 is 2.05 bits per heavy atom. The van der Waals surface area contributed by atoms with E-state index in [2.05, 4.69) is 0 Å². The van der Waals surface area contributed by atoms with Gasteiger partial charge >= 0.3 is 0 Å². The van der Waals surface area contributed by atoms with E-state index in [-0.39, 0.29) is 12.6 Å². The van der Waals surface area contributed by atoms with E-state index in [4.69, 9.17) is 9.47 Å². The smallest absolute Gasteiger partial charge is 0.119 e. The Hall–Kier alpha value is -1.17. The SMILES string of the molecule is COCCOc1ccc(CN2C[C@@H](F)C[C@H]2CO)cc1. The quantitative estimate of drug-likeness (QED) is 0.772. The average molecular weight is 283 g/mol. The van der Waals surface area contributed by atoms with Crippen LogP contribution >= 0.6 is 0 Å². The fourth-order valence-corrected chi connectivity index (χ4v) is 2.47. The molecular formula is C15H22FNO3. The highest BCUT2D eigenvalue weighted by Gasteiger charge is 2.31. The largest absolute Gasteiger partial charge is 0.491 e. The molecule has 2 rings (SSSR count). The second-order valence-electron chi connectivity index (χ2n) is 5.08. The summed E-state index contributed by atoms with van der Waals surface area (Å²) in [7, 11) is 1.64. The lowest BCUT2D eigenvalue weighted by molar-refractivity contribution is 0.146. The number of benzene rings is 1. The van der Waals surface area contributed by atoms with Crippen molar-refractivity contribution in [3.05, 3.63) is 29.8 Å². The van der Waals surface area contributed by atoms with Crippen LogP contribution in [0.2, 0.25) is 0 Å². The lowest BCUT2D eigenvalue weighted by atomic mass is 10.2. The minimum Gasteiger partial charge on any atom is -0.491 e. The zero-order valence-electron chi connectivity index (χ0n) is 11.8. The molecule has 1 aromatic carbocycles. The van der Waals surface area contributed by atoms with E-state index in [0.29, 0.717) is 32.7 Å². The molecule has 0 aliphatic carbocycles. The molecule has 0 aromatic heterocycles. The summed E-state index contributed by atoms with van der Waals surface area (Å²) in [4.78, 5) is 1.99. The molecule has 1 heterocycles. The highest BCUT2D eigenvalue weighted by Crippen LogP contribution is 2.23. The van der Waals surface area contributed by atoms with Gasteiger partial charge in [0.25, 0.3) is 0 Å². The highest BCUT2D eigenvalue weighted by molar-refractivity contribution is 5.27. The highest BCUT2D eigenvalue weighted by atomic mass is 19.1. The number of halogens is 1. The van der Waals surface area contributed by atoms with Crippen LogP contribution in [0.1, 0.15) is 12.0 Å². The Kier molecular flexibility index (Phi) is 5.76. The summed E-state index contributed by atoms with van der Waals surface area (Å²) in [6, 6.07) is 7.69. The van der Waals surface area contributed by atoms with Crippen LogP contribution in [-0.4, -0.2) is 55.7 Å². The average Bonchev–Trinajstić information content (AvgIpc) is 2.81. The summed E-state index contributed by atoms with van der Waals surface area (Å²) in [5.41, 5.74) is 1.09. The number of hydrogen-bond donors (Lipinski definition) is 1. The predicted molar refractivity (Wildman–Crippen MR) is 74.6 cm³/mol. The fourth-order valence-electron chi connectivity index (χ4n) is 2.47. The molecule has 0 unspecified atom stereocenters. The standard InChI is InChI=1S/C15H22FNO3/c1-19-6-7-20-15-4-2-12(3-5-15)9-17-10-13(16)8-14(17)11-18/h2-5,13-14,18H,6-11H2,1H3/t13-,14-/m0/s1. The minimum atomic E-state index is -0.830. The summed E-state index contributed by atoms with van der Waals surface area (Å²) in [5, 5.41) is 9.26. The van der Waals surface area contributed by atoms with Crippen LogP contribution in [0.4, 0.5) is 4.39 Å². The summed E-state index contributed by atoms with van der Waals surface area (Å²) < 4.78 is 23.8. The van der Waals surface area contributed by atoms with Crippen molar-refractivity contribution in [1.29, 1.82) is 0 Å². The number of aliphatic hydroxyl groups excluding tert-OH is 1. The first kappa shape index (κ1) is 15.2. The van der Waals surface area contributed by atoms with E-state index >= 15 is 0 Å². The number of likely N-dealkylation sites (tertiary alicyclic amines) is 1. The van der Waals surface area contributed by atoms with Gasteiger partial charge in [0.2, 0.25) is 0 Å². The molecule has 1 saturated heterocycles. The van der Waals surface area contributed by atoms with E-state index in [9.17, 15) is 9.50 Å². The third-order valence-corrected chi connectivity index (χ3v) is 3.55.